The lowest BCUT2D eigenvalue weighted by Crippen LogP contribution is -2.45. The van der Waals surface area contributed by atoms with E-state index in [-0.39, 0.29) is 30.4 Å². The van der Waals surface area contributed by atoms with E-state index in [2.05, 4.69) is 0 Å². The van der Waals surface area contributed by atoms with E-state index in [1.807, 2.05) is 12.1 Å². The van der Waals surface area contributed by atoms with Crippen molar-refractivity contribution in [3.05, 3.63) is 35.6 Å². The third kappa shape index (κ3) is 4.36. The first-order valence-electron chi connectivity index (χ1n) is 8.96. The summed E-state index contributed by atoms with van der Waals surface area (Å²) in [5.41, 5.74) is 1.21. The molecule has 152 valence electrons. The van der Waals surface area contributed by atoms with Gasteiger partial charge in [-0.15, -0.1) is 0 Å². The first kappa shape index (κ1) is 20.3. The number of sulfone groups is 1. The van der Waals surface area contributed by atoms with Crippen molar-refractivity contribution in [3.63, 3.8) is 0 Å². The number of carbonyl (C=O) groups excluding carboxylic acids is 2. The molecule has 2 heterocycles. The van der Waals surface area contributed by atoms with Crippen LogP contribution in [0, 0.1) is 6.92 Å². The number of hydrogen-bond acceptors (Lipinski definition) is 7. The van der Waals surface area contributed by atoms with E-state index in [1.54, 1.807) is 19.1 Å². The van der Waals surface area contributed by atoms with E-state index in [9.17, 15) is 18.0 Å². The van der Waals surface area contributed by atoms with Gasteiger partial charge in [-0.05, 0) is 19.4 Å². The Morgan fingerprint density at radius 2 is 2.04 bits per heavy atom. The fraction of sp³-hybridized carbons (Fsp3) is 0.474. The molecule has 0 aliphatic carbocycles. The summed E-state index contributed by atoms with van der Waals surface area (Å²) in [6.07, 6.45) is 0.369. The van der Waals surface area contributed by atoms with Crippen LogP contribution in [0.2, 0.25) is 0 Å². The molecule has 0 saturated carbocycles. The molecule has 2 aromatic rings. The largest absolute Gasteiger partial charge is 0.450 e. The molecule has 0 N–H and O–H groups in total. The van der Waals surface area contributed by atoms with Gasteiger partial charge < -0.3 is 18.8 Å². The standard InChI is InChI=1S/C19H23NO7S/c1-13-15-5-3-4-6-16(15)27-18(13)19(22)26-11-17(21)20(8-9-25-2)14-7-10-28(23,24)12-14/h3-6,14H,7-12H2,1-2H3/t14-/m0/s1. The molecule has 1 fully saturated rings. The number of ether oxygens (including phenoxy) is 2. The Balaban J connectivity index is 1.67. The van der Waals surface area contributed by atoms with Crippen LogP contribution < -0.4 is 0 Å². The van der Waals surface area contributed by atoms with E-state index in [1.165, 1.54) is 12.0 Å². The van der Waals surface area contributed by atoms with Crippen LogP contribution in [-0.4, -0.2) is 69.6 Å². The molecule has 1 atom stereocenters. The van der Waals surface area contributed by atoms with Gasteiger partial charge in [0.15, 0.2) is 16.4 Å². The van der Waals surface area contributed by atoms with Crippen LogP contribution in [0.5, 0.6) is 0 Å². The number of furan rings is 1. The van der Waals surface area contributed by atoms with Crippen LogP contribution in [0.15, 0.2) is 28.7 Å². The highest BCUT2D eigenvalue weighted by atomic mass is 32.2. The second-order valence-electron chi connectivity index (χ2n) is 6.77. The summed E-state index contributed by atoms with van der Waals surface area (Å²) >= 11 is 0. The van der Waals surface area contributed by atoms with Gasteiger partial charge in [0.05, 0.1) is 18.1 Å². The number of hydrogen-bond donors (Lipinski definition) is 0. The lowest BCUT2D eigenvalue weighted by molar-refractivity contribution is -0.137. The third-order valence-electron chi connectivity index (χ3n) is 4.86. The second kappa shape index (κ2) is 8.32. The van der Waals surface area contributed by atoms with Crippen molar-refractivity contribution in [1.29, 1.82) is 0 Å². The molecule has 1 saturated heterocycles. The molecule has 8 nitrogen and oxygen atoms in total. The Bertz CT molecular complexity index is 979. The molecule has 1 amide bonds. The summed E-state index contributed by atoms with van der Waals surface area (Å²) in [5.74, 6) is -1.17. The normalized spacial score (nSPS) is 18.3. The van der Waals surface area contributed by atoms with Gasteiger partial charge >= 0.3 is 5.97 Å². The zero-order valence-electron chi connectivity index (χ0n) is 15.8. The van der Waals surface area contributed by atoms with Crippen molar-refractivity contribution in [2.75, 3.05) is 38.4 Å². The maximum absolute atomic E-state index is 12.6. The highest BCUT2D eigenvalue weighted by molar-refractivity contribution is 7.91. The third-order valence-corrected chi connectivity index (χ3v) is 6.61. The topological polar surface area (TPSA) is 103 Å². The van der Waals surface area contributed by atoms with Gasteiger partial charge in [-0.3, -0.25) is 4.79 Å². The van der Waals surface area contributed by atoms with Crippen molar-refractivity contribution in [2.24, 2.45) is 0 Å². The number of fused-ring (bicyclic) bond motifs is 1. The van der Waals surface area contributed by atoms with Gasteiger partial charge in [-0.25, -0.2) is 13.2 Å². The van der Waals surface area contributed by atoms with E-state index < -0.39 is 34.4 Å². The number of nitrogens with zero attached hydrogens (tertiary/aromatic N) is 1. The van der Waals surface area contributed by atoms with Crippen molar-refractivity contribution in [1.82, 2.24) is 4.90 Å². The van der Waals surface area contributed by atoms with E-state index in [4.69, 9.17) is 13.9 Å². The van der Waals surface area contributed by atoms with Gasteiger partial charge in [0.2, 0.25) is 5.76 Å². The van der Waals surface area contributed by atoms with Crippen LogP contribution in [0.1, 0.15) is 22.5 Å². The molecule has 0 unspecified atom stereocenters. The van der Waals surface area contributed by atoms with E-state index >= 15 is 0 Å². The number of methoxy groups -OCH3 is 1. The van der Waals surface area contributed by atoms with Gasteiger partial charge in [-0.1, -0.05) is 18.2 Å². The number of aryl methyl sites for hydroxylation is 1. The Labute approximate surface area is 163 Å². The highest BCUT2D eigenvalue weighted by Crippen LogP contribution is 2.25. The summed E-state index contributed by atoms with van der Waals surface area (Å²) in [4.78, 5) is 26.4. The molecular weight excluding hydrogens is 386 g/mol. The molecule has 1 aliphatic heterocycles. The molecule has 0 spiro atoms. The van der Waals surface area contributed by atoms with Gasteiger partial charge in [0.25, 0.3) is 5.91 Å². The Hall–Kier alpha value is -2.39. The van der Waals surface area contributed by atoms with Crippen molar-refractivity contribution >= 4 is 32.7 Å². The first-order chi connectivity index (χ1) is 13.3. The van der Waals surface area contributed by atoms with Crippen LogP contribution >= 0.6 is 0 Å². The summed E-state index contributed by atoms with van der Waals surface area (Å²) in [5, 5.41) is 0.804. The van der Waals surface area contributed by atoms with Crippen LogP contribution in [0.3, 0.4) is 0 Å². The quantitative estimate of drug-likeness (QED) is 0.639. The minimum absolute atomic E-state index is 0.0480. The number of esters is 1. The number of rotatable bonds is 7. The van der Waals surface area contributed by atoms with E-state index in [0.29, 0.717) is 17.6 Å². The molecule has 1 aromatic carbocycles. The predicted octanol–water partition coefficient (Wildman–Crippen LogP) is 1.56. The minimum Gasteiger partial charge on any atom is -0.450 e. The van der Waals surface area contributed by atoms with Crippen LogP contribution in [0.25, 0.3) is 11.0 Å². The molecule has 1 aliphatic rings. The SMILES string of the molecule is COCCN(C(=O)COC(=O)c1oc2ccccc2c1C)[C@H]1CCS(=O)(=O)C1. The Morgan fingerprint density at radius 3 is 2.68 bits per heavy atom. The molecule has 0 radical (unpaired) electrons. The second-order valence-corrected chi connectivity index (χ2v) is 8.99. The number of para-hydroxylation sites is 1. The predicted molar refractivity (Wildman–Crippen MR) is 102 cm³/mol. The summed E-state index contributed by atoms with van der Waals surface area (Å²) in [6.45, 7) is 1.75. The van der Waals surface area contributed by atoms with Gasteiger partial charge in [0, 0.05) is 30.6 Å². The first-order valence-corrected chi connectivity index (χ1v) is 10.8. The van der Waals surface area contributed by atoms with Crippen molar-refractivity contribution in [3.8, 4) is 0 Å². The van der Waals surface area contributed by atoms with E-state index in [0.717, 1.165) is 5.39 Å². The van der Waals surface area contributed by atoms with Gasteiger partial charge in [0.1, 0.15) is 5.58 Å². The minimum atomic E-state index is -3.15. The van der Waals surface area contributed by atoms with Crippen molar-refractivity contribution in [2.45, 2.75) is 19.4 Å². The molecular formula is C19H23NO7S. The lowest BCUT2D eigenvalue weighted by atomic mass is 10.1. The average molecular weight is 409 g/mol. The maximum atomic E-state index is 12.6. The fourth-order valence-electron chi connectivity index (χ4n) is 3.37. The maximum Gasteiger partial charge on any atom is 0.375 e. The average Bonchev–Trinajstić information content (AvgIpc) is 3.20. The number of carbonyl (C=O) groups is 2. The summed E-state index contributed by atoms with van der Waals surface area (Å²) < 4.78 is 39.2. The molecule has 0 bridgehead atoms. The summed E-state index contributed by atoms with van der Waals surface area (Å²) in [6, 6.07) is 6.79. The number of amides is 1. The number of benzene rings is 1. The van der Waals surface area contributed by atoms with Gasteiger partial charge in [-0.2, -0.15) is 0 Å². The van der Waals surface area contributed by atoms with Crippen LogP contribution in [-0.2, 0) is 24.1 Å². The highest BCUT2D eigenvalue weighted by Gasteiger charge is 2.35. The Morgan fingerprint density at radius 1 is 1.29 bits per heavy atom. The smallest absolute Gasteiger partial charge is 0.375 e. The lowest BCUT2D eigenvalue weighted by Gasteiger charge is -2.27. The Kier molecular flexibility index (Phi) is 6.04. The zero-order chi connectivity index (χ0) is 20.3. The molecule has 9 heteroatoms. The fourth-order valence-corrected chi connectivity index (χ4v) is 5.10. The van der Waals surface area contributed by atoms with Crippen LogP contribution in [0.4, 0.5) is 0 Å². The molecule has 3 rings (SSSR count). The summed E-state index contributed by atoms with van der Waals surface area (Å²) in [7, 11) is -1.65. The molecule has 28 heavy (non-hydrogen) atoms. The monoisotopic (exact) mass is 409 g/mol. The zero-order valence-corrected chi connectivity index (χ0v) is 16.7. The van der Waals surface area contributed by atoms with Crippen molar-refractivity contribution < 1.29 is 31.9 Å². The molecule has 1 aromatic heterocycles.